The molecule has 0 aromatic carbocycles. The summed E-state index contributed by atoms with van der Waals surface area (Å²) in [5.41, 5.74) is 5.22. The molecule has 0 saturated carbocycles. The van der Waals surface area contributed by atoms with E-state index in [1.54, 1.807) is 11.8 Å². The van der Waals surface area contributed by atoms with Crippen molar-refractivity contribution in [2.45, 2.75) is 12.8 Å². The highest BCUT2D eigenvalue weighted by Gasteiger charge is 1.97. The van der Waals surface area contributed by atoms with Crippen molar-refractivity contribution in [3.8, 4) is 0 Å². The zero-order chi connectivity index (χ0) is 7.82. The zero-order valence-corrected chi connectivity index (χ0v) is 6.95. The van der Waals surface area contributed by atoms with Crippen LogP contribution in [-0.4, -0.2) is 24.7 Å². The van der Waals surface area contributed by atoms with Crippen LogP contribution in [0.15, 0.2) is 0 Å². The Balaban J connectivity index is 2.96. The number of thioether (sulfide) groups is 1. The van der Waals surface area contributed by atoms with Gasteiger partial charge in [0.1, 0.15) is 0 Å². The van der Waals surface area contributed by atoms with E-state index in [1.165, 1.54) is 7.11 Å². The molecule has 0 spiro atoms. The molecule has 0 fully saturated rings. The van der Waals surface area contributed by atoms with Crippen LogP contribution in [0.4, 0.5) is 0 Å². The van der Waals surface area contributed by atoms with Gasteiger partial charge in [-0.3, -0.25) is 4.79 Å². The zero-order valence-electron chi connectivity index (χ0n) is 6.13. The predicted octanol–water partition coefficient (Wildman–Crippen LogP) is 0.589. The average Bonchev–Trinajstić information content (AvgIpc) is 1.98. The van der Waals surface area contributed by atoms with Crippen molar-refractivity contribution in [3.05, 3.63) is 0 Å². The molecule has 0 saturated heterocycles. The summed E-state index contributed by atoms with van der Waals surface area (Å²) in [5.74, 6) is 1.42. The largest absolute Gasteiger partial charge is 0.469 e. The van der Waals surface area contributed by atoms with Gasteiger partial charge in [-0.05, 0) is 12.2 Å². The molecule has 3 nitrogen and oxygen atoms in total. The highest BCUT2D eigenvalue weighted by molar-refractivity contribution is 7.99. The summed E-state index contributed by atoms with van der Waals surface area (Å²) in [6, 6.07) is 0. The number of methoxy groups -OCH3 is 1. The Kier molecular flexibility index (Phi) is 6.74. The first-order valence-corrected chi connectivity index (χ1v) is 4.31. The maximum atomic E-state index is 10.5. The third kappa shape index (κ3) is 5.91. The molecule has 0 aliphatic carbocycles. The molecule has 0 heterocycles. The van der Waals surface area contributed by atoms with Crippen molar-refractivity contribution in [1.82, 2.24) is 0 Å². The summed E-state index contributed by atoms with van der Waals surface area (Å²) in [6.45, 7) is 0. The quantitative estimate of drug-likeness (QED) is 0.366. The van der Waals surface area contributed by atoms with E-state index in [-0.39, 0.29) is 5.97 Å². The number of rotatable bonds is 5. The second-order valence-corrected chi connectivity index (χ2v) is 2.90. The van der Waals surface area contributed by atoms with Crippen molar-refractivity contribution in [1.29, 1.82) is 0 Å². The summed E-state index contributed by atoms with van der Waals surface area (Å²) >= 11 is 1.63. The summed E-state index contributed by atoms with van der Waals surface area (Å²) in [4.78, 5) is 10.5. The van der Waals surface area contributed by atoms with Crippen LogP contribution in [-0.2, 0) is 9.53 Å². The number of carbonyl (C=O) groups excluding carboxylic acids is 1. The average molecular weight is 163 g/mol. The lowest BCUT2D eigenvalue weighted by Crippen LogP contribution is -2.01. The first-order valence-electron chi connectivity index (χ1n) is 3.16. The summed E-state index contributed by atoms with van der Waals surface area (Å²) in [5, 5.41) is 0. The van der Waals surface area contributed by atoms with Crippen molar-refractivity contribution in [3.63, 3.8) is 0 Å². The molecule has 0 atom stereocenters. The van der Waals surface area contributed by atoms with Crippen LogP contribution in [0.2, 0.25) is 0 Å². The number of nitrogens with two attached hydrogens (primary N) is 1. The lowest BCUT2D eigenvalue weighted by molar-refractivity contribution is -0.140. The second kappa shape index (κ2) is 6.89. The Morgan fingerprint density at radius 2 is 2.40 bits per heavy atom. The Hall–Kier alpha value is -0.220. The Bertz CT molecular complexity index is 97.7. The van der Waals surface area contributed by atoms with Gasteiger partial charge in [-0.15, -0.1) is 11.8 Å². The van der Waals surface area contributed by atoms with Crippen molar-refractivity contribution >= 4 is 17.7 Å². The normalized spacial score (nSPS) is 9.40. The lowest BCUT2D eigenvalue weighted by Gasteiger charge is -1.97. The predicted molar refractivity (Wildman–Crippen MR) is 42.8 cm³/mol. The lowest BCUT2D eigenvalue weighted by atomic mass is 10.3. The van der Waals surface area contributed by atoms with Gasteiger partial charge >= 0.3 is 5.97 Å². The summed E-state index contributed by atoms with van der Waals surface area (Å²) < 4.78 is 4.45. The third-order valence-electron chi connectivity index (χ3n) is 1.02. The Morgan fingerprint density at radius 3 is 2.90 bits per heavy atom. The van der Waals surface area contributed by atoms with Crippen LogP contribution in [0, 0.1) is 0 Å². The molecule has 0 aromatic rings. The molecule has 4 heteroatoms. The van der Waals surface area contributed by atoms with Gasteiger partial charge in [0.05, 0.1) is 7.11 Å². The standard InChI is InChI=1S/C6H13NO2S/c1-9-6(8)3-2-4-10-5-7/h2-5,7H2,1H3. The molecule has 0 amide bonds. The van der Waals surface area contributed by atoms with E-state index in [9.17, 15) is 4.79 Å². The van der Waals surface area contributed by atoms with E-state index in [0.717, 1.165) is 12.2 Å². The maximum absolute atomic E-state index is 10.5. The highest BCUT2D eigenvalue weighted by Crippen LogP contribution is 2.01. The van der Waals surface area contributed by atoms with Gasteiger partial charge in [-0.2, -0.15) is 0 Å². The second-order valence-electron chi connectivity index (χ2n) is 1.75. The number of esters is 1. The fraction of sp³-hybridized carbons (Fsp3) is 0.833. The van der Waals surface area contributed by atoms with Crippen LogP contribution in [0.3, 0.4) is 0 Å². The molecule has 0 radical (unpaired) electrons. The van der Waals surface area contributed by atoms with E-state index >= 15 is 0 Å². The fourth-order valence-electron chi connectivity index (χ4n) is 0.504. The Morgan fingerprint density at radius 1 is 1.70 bits per heavy atom. The van der Waals surface area contributed by atoms with E-state index in [1.807, 2.05) is 0 Å². The minimum absolute atomic E-state index is 0.141. The van der Waals surface area contributed by atoms with Gasteiger partial charge in [0.25, 0.3) is 0 Å². The first-order chi connectivity index (χ1) is 4.81. The molecule has 10 heavy (non-hydrogen) atoms. The molecule has 0 unspecified atom stereocenters. The number of ether oxygens (including phenoxy) is 1. The van der Waals surface area contributed by atoms with E-state index < -0.39 is 0 Å². The number of hydrogen-bond donors (Lipinski definition) is 1. The SMILES string of the molecule is COC(=O)CCCSCN. The van der Waals surface area contributed by atoms with Gasteiger partial charge in [0.2, 0.25) is 0 Å². The molecule has 0 aromatic heterocycles. The van der Waals surface area contributed by atoms with E-state index in [0.29, 0.717) is 12.3 Å². The smallest absolute Gasteiger partial charge is 0.305 e. The van der Waals surface area contributed by atoms with E-state index in [4.69, 9.17) is 5.73 Å². The van der Waals surface area contributed by atoms with Gasteiger partial charge in [-0.25, -0.2) is 0 Å². The van der Waals surface area contributed by atoms with Crippen molar-refractivity contribution in [2.24, 2.45) is 5.73 Å². The van der Waals surface area contributed by atoms with Gasteiger partial charge < -0.3 is 10.5 Å². The molecule has 2 N–H and O–H groups in total. The molecule has 0 rings (SSSR count). The molecule has 0 aliphatic heterocycles. The fourth-order valence-corrected chi connectivity index (χ4v) is 1.02. The summed E-state index contributed by atoms with van der Waals surface area (Å²) in [7, 11) is 1.40. The van der Waals surface area contributed by atoms with Gasteiger partial charge in [-0.1, -0.05) is 0 Å². The van der Waals surface area contributed by atoms with E-state index in [2.05, 4.69) is 4.74 Å². The minimum atomic E-state index is -0.141. The maximum Gasteiger partial charge on any atom is 0.305 e. The van der Waals surface area contributed by atoms with Crippen LogP contribution in [0.5, 0.6) is 0 Å². The minimum Gasteiger partial charge on any atom is -0.469 e. The molecule has 0 aliphatic rings. The molecule has 60 valence electrons. The molecule has 0 bridgehead atoms. The topological polar surface area (TPSA) is 52.3 Å². The molecular formula is C6H13NO2S. The number of carbonyl (C=O) groups is 1. The molecular weight excluding hydrogens is 150 g/mol. The van der Waals surface area contributed by atoms with Crippen LogP contribution < -0.4 is 5.73 Å². The highest BCUT2D eigenvalue weighted by atomic mass is 32.2. The van der Waals surface area contributed by atoms with Gasteiger partial charge in [0.15, 0.2) is 0 Å². The van der Waals surface area contributed by atoms with Crippen molar-refractivity contribution in [2.75, 3.05) is 18.7 Å². The van der Waals surface area contributed by atoms with Crippen LogP contribution in [0.1, 0.15) is 12.8 Å². The summed E-state index contributed by atoms with van der Waals surface area (Å²) in [6.07, 6.45) is 1.36. The Labute approximate surface area is 65.3 Å². The third-order valence-corrected chi connectivity index (χ3v) is 1.83. The van der Waals surface area contributed by atoms with Crippen LogP contribution in [0.25, 0.3) is 0 Å². The number of hydrogen-bond acceptors (Lipinski definition) is 4. The van der Waals surface area contributed by atoms with Crippen LogP contribution >= 0.6 is 11.8 Å². The van der Waals surface area contributed by atoms with Crippen molar-refractivity contribution < 1.29 is 9.53 Å². The monoisotopic (exact) mass is 163 g/mol. The first kappa shape index (κ1) is 9.78. The van der Waals surface area contributed by atoms with Gasteiger partial charge in [0, 0.05) is 12.3 Å².